The van der Waals surface area contributed by atoms with Crippen LogP contribution in [0.5, 0.6) is 0 Å². The molecule has 0 spiro atoms. The lowest BCUT2D eigenvalue weighted by atomic mass is 10.0. The smallest absolute Gasteiger partial charge is 0.346 e. The molecule has 2 rings (SSSR count). The van der Waals surface area contributed by atoms with Crippen LogP contribution in [0.2, 0.25) is 0 Å². The van der Waals surface area contributed by atoms with Crippen molar-refractivity contribution in [2.75, 3.05) is 20.2 Å². The zero-order chi connectivity index (χ0) is 14.3. The Hall–Kier alpha value is -1.47. The normalized spacial score (nSPS) is 18.7. The Morgan fingerprint density at radius 3 is 2.58 bits per heavy atom. The van der Waals surface area contributed by atoms with Gasteiger partial charge in [-0.15, -0.1) is 0 Å². The minimum atomic E-state index is -3.75. The van der Waals surface area contributed by atoms with Gasteiger partial charge in [-0.3, -0.25) is 0 Å². The van der Waals surface area contributed by atoms with Crippen molar-refractivity contribution in [1.82, 2.24) is 4.31 Å². The highest BCUT2D eigenvalue weighted by Gasteiger charge is 2.55. The Morgan fingerprint density at radius 2 is 2.05 bits per heavy atom. The minimum Gasteiger partial charge on any atom is -0.467 e. The van der Waals surface area contributed by atoms with Gasteiger partial charge in [-0.05, 0) is 24.6 Å². The average Bonchev–Trinajstić information content (AvgIpc) is 2.33. The molecule has 1 fully saturated rings. The van der Waals surface area contributed by atoms with E-state index in [0.717, 1.165) is 17.0 Å². The number of ether oxygens (including phenoxy) is 1. The van der Waals surface area contributed by atoms with E-state index in [4.69, 9.17) is 0 Å². The molecule has 0 radical (unpaired) electrons. The number of methoxy groups -OCH3 is 1. The summed E-state index contributed by atoms with van der Waals surface area (Å²) in [5.74, 6) is -1.04. The van der Waals surface area contributed by atoms with Crippen molar-refractivity contribution in [2.45, 2.75) is 17.5 Å². The summed E-state index contributed by atoms with van der Waals surface area (Å²) >= 11 is 0. The Labute approximate surface area is 111 Å². The molecule has 0 N–H and O–H groups in total. The highest BCUT2D eigenvalue weighted by atomic mass is 32.2. The second-order valence-electron chi connectivity index (χ2n) is 4.55. The number of nitrogens with zero attached hydrogens (tertiary/aromatic N) is 1. The van der Waals surface area contributed by atoms with Gasteiger partial charge >= 0.3 is 5.97 Å². The Balaban J connectivity index is 2.19. The van der Waals surface area contributed by atoms with Crippen LogP contribution in [0.25, 0.3) is 0 Å². The van der Waals surface area contributed by atoms with E-state index in [9.17, 15) is 17.6 Å². The number of carbonyl (C=O) groups excluding carboxylic acids is 1. The number of sulfonamides is 1. The van der Waals surface area contributed by atoms with Crippen LogP contribution in [0.1, 0.15) is 5.56 Å². The molecule has 0 saturated carbocycles. The third-order valence-corrected chi connectivity index (χ3v) is 4.82. The van der Waals surface area contributed by atoms with Gasteiger partial charge in [0.1, 0.15) is 0 Å². The number of hydrogen-bond acceptors (Lipinski definition) is 4. The van der Waals surface area contributed by atoms with Crippen LogP contribution in [0.3, 0.4) is 0 Å². The highest BCUT2D eigenvalue weighted by Crippen LogP contribution is 2.32. The van der Waals surface area contributed by atoms with Gasteiger partial charge < -0.3 is 4.74 Å². The van der Waals surface area contributed by atoms with Gasteiger partial charge in [0.15, 0.2) is 0 Å². The van der Waals surface area contributed by atoms with Gasteiger partial charge in [0, 0.05) is 0 Å². The largest absolute Gasteiger partial charge is 0.467 e. The third-order valence-electron chi connectivity index (χ3n) is 3.03. The maximum Gasteiger partial charge on any atom is 0.346 e. The van der Waals surface area contributed by atoms with Crippen molar-refractivity contribution in [3.63, 3.8) is 0 Å². The molecule has 0 bridgehead atoms. The van der Waals surface area contributed by atoms with Crippen LogP contribution >= 0.6 is 0 Å². The number of halogens is 1. The predicted octanol–water partition coefficient (Wildman–Crippen LogP) is 0.881. The van der Waals surface area contributed by atoms with E-state index in [2.05, 4.69) is 4.74 Å². The molecular weight excluding hydrogens is 273 g/mol. The van der Waals surface area contributed by atoms with E-state index in [1.165, 1.54) is 12.1 Å². The summed E-state index contributed by atoms with van der Waals surface area (Å²) in [6.45, 7) is 0.759. The molecule has 19 heavy (non-hydrogen) atoms. The molecule has 0 atom stereocenters. The SMILES string of the molecule is COC(=O)C1(F)CN(S(=O)(=O)c2cccc(C)c2)C1. The first-order chi connectivity index (χ1) is 8.79. The molecule has 7 heteroatoms. The maximum absolute atomic E-state index is 13.9. The molecule has 1 aromatic carbocycles. The molecular formula is C12H14FNO4S. The quantitative estimate of drug-likeness (QED) is 0.774. The van der Waals surface area contributed by atoms with Crippen LogP contribution in [-0.2, 0) is 19.6 Å². The number of alkyl halides is 1. The van der Waals surface area contributed by atoms with Crippen molar-refractivity contribution in [3.05, 3.63) is 29.8 Å². The summed E-state index contributed by atoms with van der Waals surface area (Å²) in [5.41, 5.74) is -1.44. The average molecular weight is 287 g/mol. The lowest BCUT2D eigenvalue weighted by molar-refractivity contribution is -0.162. The molecule has 0 aliphatic carbocycles. The molecule has 1 aliphatic rings. The van der Waals surface area contributed by atoms with E-state index in [-0.39, 0.29) is 4.90 Å². The monoisotopic (exact) mass is 287 g/mol. The summed E-state index contributed by atoms with van der Waals surface area (Å²) in [5, 5.41) is 0. The van der Waals surface area contributed by atoms with E-state index < -0.39 is 34.8 Å². The van der Waals surface area contributed by atoms with E-state index >= 15 is 0 Å². The summed E-state index contributed by atoms with van der Waals surface area (Å²) in [7, 11) is -2.68. The van der Waals surface area contributed by atoms with Gasteiger partial charge in [0.25, 0.3) is 0 Å². The predicted molar refractivity (Wildman–Crippen MR) is 65.8 cm³/mol. The topological polar surface area (TPSA) is 63.7 Å². The molecule has 104 valence electrons. The number of esters is 1. The number of carbonyl (C=O) groups is 1. The summed E-state index contributed by atoms with van der Waals surface area (Å²) in [6, 6.07) is 6.33. The summed E-state index contributed by atoms with van der Waals surface area (Å²) in [4.78, 5) is 11.3. The first-order valence-electron chi connectivity index (χ1n) is 5.64. The van der Waals surface area contributed by atoms with Crippen LogP contribution in [0, 0.1) is 6.92 Å². The van der Waals surface area contributed by atoms with Gasteiger partial charge in [-0.2, -0.15) is 4.31 Å². The Bertz CT molecular complexity index is 608. The number of benzene rings is 1. The van der Waals surface area contributed by atoms with Gasteiger partial charge in [0.05, 0.1) is 25.1 Å². The summed E-state index contributed by atoms with van der Waals surface area (Å²) < 4.78 is 43.5. The lowest BCUT2D eigenvalue weighted by Gasteiger charge is -2.40. The molecule has 1 heterocycles. The molecule has 0 aromatic heterocycles. The Kier molecular flexibility index (Phi) is 3.36. The second-order valence-corrected chi connectivity index (χ2v) is 6.48. The Morgan fingerprint density at radius 1 is 1.42 bits per heavy atom. The number of hydrogen-bond donors (Lipinski definition) is 0. The van der Waals surface area contributed by atoms with Crippen molar-refractivity contribution in [3.8, 4) is 0 Å². The van der Waals surface area contributed by atoms with Crippen molar-refractivity contribution >= 4 is 16.0 Å². The van der Waals surface area contributed by atoms with Gasteiger partial charge in [-0.1, -0.05) is 12.1 Å². The molecule has 1 saturated heterocycles. The summed E-state index contributed by atoms with van der Waals surface area (Å²) in [6.07, 6.45) is 0. The van der Waals surface area contributed by atoms with Gasteiger partial charge in [-0.25, -0.2) is 17.6 Å². The molecule has 5 nitrogen and oxygen atoms in total. The fourth-order valence-corrected chi connectivity index (χ4v) is 3.55. The highest BCUT2D eigenvalue weighted by molar-refractivity contribution is 7.89. The van der Waals surface area contributed by atoms with Crippen LogP contribution in [-0.4, -0.2) is 44.6 Å². The molecule has 0 amide bonds. The lowest BCUT2D eigenvalue weighted by Crippen LogP contribution is -2.64. The zero-order valence-electron chi connectivity index (χ0n) is 10.6. The fraction of sp³-hybridized carbons (Fsp3) is 0.417. The molecule has 1 aromatic rings. The number of rotatable bonds is 3. The van der Waals surface area contributed by atoms with Crippen LogP contribution in [0.4, 0.5) is 4.39 Å². The standard InChI is InChI=1S/C12H14FNO4S/c1-9-4-3-5-10(6-9)19(16,17)14-7-12(13,8-14)11(15)18-2/h3-6H,7-8H2,1-2H3. The van der Waals surface area contributed by atoms with Crippen molar-refractivity contribution in [2.24, 2.45) is 0 Å². The van der Waals surface area contributed by atoms with Crippen molar-refractivity contribution < 1.29 is 22.3 Å². The molecule has 1 aliphatic heterocycles. The minimum absolute atomic E-state index is 0.0967. The second kappa shape index (κ2) is 4.57. The van der Waals surface area contributed by atoms with E-state index in [1.807, 2.05) is 0 Å². The first kappa shape index (κ1) is 14.0. The zero-order valence-corrected chi connectivity index (χ0v) is 11.4. The van der Waals surface area contributed by atoms with Gasteiger partial charge in [0.2, 0.25) is 15.7 Å². The number of aryl methyl sites for hydroxylation is 1. The first-order valence-corrected chi connectivity index (χ1v) is 7.08. The van der Waals surface area contributed by atoms with E-state index in [1.54, 1.807) is 19.1 Å². The van der Waals surface area contributed by atoms with Crippen LogP contribution in [0.15, 0.2) is 29.2 Å². The van der Waals surface area contributed by atoms with Crippen molar-refractivity contribution in [1.29, 1.82) is 0 Å². The third kappa shape index (κ3) is 2.35. The maximum atomic E-state index is 13.9. The van der Waals surface area contributed by atoms with E-state index in [0.29, 0.717) is 0 Å². The van der Waals surface area contributed by atoms with Crippen LogP contribution < -0.4 is 0 Å². The molecule has 0 unspecified atom stereocenters. The fourth-order valence-electron chi connectivity index (χ4n) is 1.92.